The van der Waals surface area contributed by atoms with E-state index in [9.17, 15) is 0 Å². The second kappa shape index (κ2) is 14.1. The Morgan fingerprint density at radius 1 is 0.673 bits per heavy atom. The molecule has 4 aromatic carbocycles. The Kier molecular flexibility index (Phi) is 10.1. The minimum Gasteiger partial charge on any atom is -0.509 e. The van der Waals surface area contributed by atoms with Crippen LogP contribution in [0.2, 0.25) is 0 Å². The zero-order valence-corrected chi connectivity index (χ0v) is 33.5. The van der Waals surface area contributed by atoms with Gasteiger partial charge in [-0.3, -0.25) is 4.68 Å². The summed E-state index contributed by atoms with van der Waals surface area (Å²) < 4.78 is 11.0. The fraction of sp³-hybridized carbons (Fsp3) is 0.304. The summed E-state index contributed by atoms with van der Waals surface area (Å²) in [6, 6.07) is 39.1. The van der Waals surface area contributed by atoms with Gasteiger partial charge in [-0.1, -0.05) is 123 Å². The molecule has 52 heavy (non-hydrogen) atoms. The summed E-state index contributed by atoms with van der Waals surface area (Å²) in [4.78, 5) is 4.84. The molecule has 3 aromatic heterocycles. The molecule has 0 aliphatic carbocycles. The molecule has 0 aliphatic rings. The Morgan fingerprint density at radius 3 is 2.04 bits per heavy atom. The van der Waals surface area contributed by atoms with Crippen LogP contribution in [-0.2, 0) is 31.3 Å². The first-order valence-corrected chi connectivity index (χ1v) is 18.1. The van der Waals surface area contributed by atoms with Crippen molar-refractivity contribution in [3.63, 3.8) is 0 Å². The number of rotatable bonds is 7. The number of hydrogen-bond donors (Lipinski definition) is 0. The minimum absolute atomic E-state index is 0. The molecule has 5 nitrogen and oxygen atoms in total. The van der Waals surface area contributed by atoms with Gasteiger partial charge in [-0.15, -0.1) is 41.3 Å². The molecule has 7 rings (SSSR count). The molecule has 0 aliphatic heterocycles. The van der Waals surface area contributed by atoms with Crippen LogP contribution in [0.3, 0.4) is 0 Å². The van der Waals surface area contributed by atoms with Gasteiger partial charge in [0.2, 0.25) is 0 Å². The molecule has 0 saturated carbocycles. The van der Waals surface area contributed by atoms with Crippen molar-refractivity contribution >= 4 is 21.8 Å². The van der Waals surface area contributed by atoms with E-state index in [-0.39, 0.29) is 43.1 Å². The van der Waals surface area contributed by atoms with E-state index >= 15 is 0 Å². The topological polar surface area (TPSA) is 44.9 Å². The van der Waals surface area contributed by atoms with Gasteiger partial charge in [0.05, 0.1) is 11.4 Å². The van der Waals surface area contributed by atoms with Crippen LogP contribution < -0.4 is 4.74 Å². The van der Waals surface area contributed by atoms with Gasteiger partial charge in [0.25, 0.3) is 0 Å². The van der Waals surface area contributed by atoms with Crippen LogP contribution in [0.4, 0.5) is 0 Å². The van der Waals surface area contributed by atoms with Crippen molar-refractivity contribution in [3.05, 3.63) is 132 Å². The fourth-order valence-electron chi connectivity index (χ4n) is 6.90. The molecule has 0 radical (unpaired) electrons. The molecule has 0 atom stereocenters. The predicted molar refractivity (Wildman–Crippen MR) is 211 cm³/mol. The van der Waals surface area contributed by atoms with E-state index in [0.29, 0.717) is 11.5 Å². The molecule has 7 aromatic rings. The number of aromatic nitrogens is 4. The van der Waals surface area contributed by atoms with E-state index in [1.54, 1.807) is 0 Å². The largest absolute Gasteiger partial charge is 2.00 e. The summed E-state index contributed by atoms with van der Waals surface area (Å²) in [5.74, 6) is 2.57. The molecule has 0 fully saturated rings. The standard InChI is InChI=1S/C46H48N4O.Pd/c1-29(2)43-42(31-16-12-11-13-17-31)44(30(3)4)50(48-43)34-24-33(46(8,9)10)25-36(27-34)51-35-20-21-38-37-18-14-15-19-39(37)49(40(38)28-35)41-26-32(22-23-47-41)45(5,6)7;/h11-26,29-30H,1-10H3;/q-2;+2. The van der Waals surface area contributed by atoms with Crippen LogP contribution in [0.25, 0.3) is 44.4 Å². The Balaban J connectivity index is 0.00000464. The second-order valence-electron chi connectivity index (χ2n) is 16.3. The van der Waals surface area contributed by atoms with Gasteiger partial charge < -0.3 is 9.30 Å². The van der Waals surface area contributed by atoms with Crippen molar-refractivity contribution in [2.75, 3.05) is 0 Å². The average Bonchev–Trinajstić information content (AvgIpc) is 3.65. The van der Waals surface area contributed by atoms with Gasteiger partial charge in [-0.2, -0.15) is 11.2 Å². The summed E-state index contributed by atoms with van der Waals surface area (Å²) in [5.41, 5.74) is 9.71. The molecule has 3 heterocycles. The first kappa shape index (κ1) is 37.3. The predicted octanol–water partition coefficient (Wildman–Crippen LogP) is 12.3. The van der Waals surface area contributed by atoms with Crippen LogP contribution in [0.15, 0.2) is 97.2 Å². The van der Waals surface area contributed by atoms with Crippen LogP contribution in [-0.4, -0.2) is 19.3 Å². The Morgan fingerprint density at radius 2 is 1.37 bits per heavy atom. The molecule has 0 unspecified atom stereocenters. The van der Waals surface area contributed by atoms with Gasteiger partial charge in [0.15, 0.2) is 0 Å². The first-order valence-electron chi connectivity index (χ1n) is 18.1. The van der Waals surface area contributed by atoms with Crippen molar-refractivity contribution < 1.29 is 25.2 Å². The quantitative estimate of drug-likeness (QED) is 0.120. The van der Waals surface area contributed by atoms with Crippen LogP contribution in [0.5, 0.6) is 11.5 Å². The molecule has 268 valence electrons. The Bertz CT molecular complexity index is 2370. The maximum Gasteiger partial charge on any atom is 2.00 e. The monoisotopic (exact) mass is 778 g/mol. The van der Waals surface area contributed by atoms with Crippen LogP contribution in [0, 0.1) is 12.1 Å². The Hall–Kier alpha value is -4.50. The summed E-state index contributed by atoms with van der Waals surface area (Å²) in [5, 5.41) is 7.54. The van der Waals surface area contributed by atoms with E-state index in [2.05, 4.69) is 176 Å². The molecule has 6 heteroatoms. The number of benzene rings is 4. The summed E-state index contributed by atoms with van der Waals surface area (Å²) in [7, 11) is 0. The SMILES string of the molecule is CC(C)c1nn(-c2[c-]c(Oc3[c-]c4c(cc3)c3ccccc3n4-c3cc(C(C)(C)C)ccn3)cc(C(C)(C)C)c2)c(C(C)C)c1-c1ccccc1.[Pd+2]. The number of fused-ring (bicyclic) bond motifs is 3. The van der Waals surface area contributed by atoms with Crippen LogP contribution in [0.1, 0.15) is 104 Å². The van der Waals surface area contributed by atoms with Gasteiger partial charge in [0, 0.05) is 28.8 Å². The van der Waals surface area contributed by atoms with Crippen molar-refractivity contribution in [3.8, 4) is 34.1 Å². The van der Waals surface area contributed by atoms with Crippen molar-refractivity contribution in [2.24, 2.45) is 0 Å². The molecular weight excluding hydrogens is 731 g/mol. The van der Waals surface area contributed by atoms with E-state index in [1.165, 1.54) is 22.4 Å². The average molecular weight is 779 g/mol. The van der Waals surface area contributed by atoms with Crippen molar-refractivity contribution in [1.29, 1.82) is 0 Å². The van der Waals surface area contributed by atoms with Crippen molar-refractivity contribution in [1.82, 2.24) is 19.3 Å². The Labute approximate surface area is 322 Å². The third-order valence-corrected chi connectivity index (χ3v) is 9.65. The number of hydrogen-bond acceptors (Lipinski definition) is 3. The van der Waals surface area contributed by atoms with Gasteiger partial charge in [-0.05, 0) is 63.1 Å². The smallest absolute Gasteiger partial charge is 0.509 e. The molecule has 0 saturated heterocycles. The molecule has 0 N–H and O–H groups in total. The number of ether oxygens (including phenoxy) is 1. The van der Waals surface area contributed by atoms with Gasteiger partial charge in [-0.25, -0.2) is 4.98 Å². The summed E-state index contributed by atoms with van der Waals surface area (Å²) >= 11 is 0. The normalized spacial score (nSPS) is 12.2. The van der Waals surface area contributed by atoms with Gasteiger partial charge in [0.1, 0.15) is 5.82 Å². The van der Waals surface area contributed by atoms with E-state index < -0.39 is 0 Å². The van der Waals surface area contributed by atoms with Crippen LogP contribution >= 0.6 is 0 Å². The third kappa shape index (κ3) is 7.00. The van der Waals surface area contributed by atoms with E-state index in [4.69, 9.17) is 14.8 Å². The number of nitrogens with zero attached hydrogens (tertiary/aromatic N) is 4. The number of para-hydroxylation sites is 1. The maximum atomic E-state index is 6.73. The molecular formula is C46H48N4OPd. The second-order valence-corrected chi connectivity index (χ2v) is 16.3. The maximum absolute atomic E-state index is 6.73. The molecule has 0 bridgehead atoms. The molecule has 0 spiro atoms. The number of pyridine rings is 1. The molecule has 0 amide bonds. The van der Waals surface area contributed by atoms with Gasteiger partial charge >= 0.3 is 20.4 Å². The fourth-order valence-corrected chi connectivity index (χ4v) is 6.90. The van der Waals surface area contributed by atoms with E-state index in [0.717, 1.165) is 44.6 Å². The third-order valence-electron chi connectivity index (χ3n) is 9.65. The zero-order valence-electron chi connectivity index (χ0n) is 31.9. The first-order chi connectivity index (χ1) is 24.2. The van der Waals surface area contributed by atoms with E-state index in [1.807, 2.05) is 12.3 Å². The summed E-state index contributed by atoms with van der Waals surface area (Å²) in [6.07, 6.45) is 1.90. The summed E-state index contributed by atoms with van der Waals surface area (Å²) in [6.45, 7) is 22.3. The van der Waals surface area contributed by atoms with Crippen molar-refractivity contribution in [2.45, 2.75) is 91.9 Å². The minimum atomic E-state index is -0.139. The zero-order chi connectivity index (χ0) is 36.2.